The molecule has 0 radical (unpaired) electrons. The van der Waals surface area contributed by atoms with Gasteiger partial charge in [-0.3, -0.25) is 0 Å². The molecule has 1 aromatic carbocycles. The van der Waals surface area contributed by atoms with Crippen LogP contribution in [0.2, 0.25) is 0 Å². The standard InChI is InChI=1S/C12H18BrN/c1-9(2)7-8-14-11-6-4-5-10(3)12(11)13/h4-6,9,14H,7-8H2,1-3H3. The van der Waals surface area contributed by atoms with Crippen LogP contribution in [0.15, 0.2) is 22.7 Å². The van der Waals surface area contributed by atoms with Crippen molar-refractivity contribution in [3.8, 4) is 0 Å². The molecule has 1 aromatic rings. The Morgan fingerprint density at radius 3 is 2.71 bits per heavy atom. The van der Waals surface area contributed by atoms with E-state index >= 15 is 0 Å². The molecular weight excluding hydrogens is 238 g/mol. The second-order valence-electron chi connectivity index (χ2n) is 4.05. The van der Waals surface area contributed by atoms with Gasteiger partial charge in [-0.15, -0.1) is 0 Å². The molecule has 0 saturated carbocycles. The zero-order valence-electron chi connectivity index (χ0n) is 9.10. The van der Waals surface area contributed by atoms with Crippen LogP contribution in [0, 0.1) is 12.8 Å². The van der Waals surface area contributed by atoms with Crippen molar-refractivity contribution in [3.05, 3.63) is 28.2 Å². The van der Waals surface area contributed by atoms with Gasteiger partial charge in [0.2, 0.25) is 0 Å². The Balaban J connectivity index is 2.54. The summed E-state index contributed by atoms with van der Waals surface area (Å²) in [5.74, 6) is 0.756. The zero-order valence-corrected chi connectivity index (χ0v) is 10.7. The molecule has 78 valence electrons. The second kappa shape index (κ2) is 5.40. The predicted molar refractivity (Wildman–Crippen MR) is 66.8 cm³/mol. The molecule has 0 atom stereocenters. The Morgan fingerprint density at radius 2 is 2.07 bits per heavy atom. The number of rotatable bonds is 4. The van der Waals surface area contributed by atoms with Crippen LogP contribution >= 0.6 is 15.9 Å². The lowest BCUT2D eigenvalue weighted by molar-refractivity contribution is 0.607. The Morgan fingerprint density at radius 1 is 1.36 bits per heavy atom. The summed E-state index contributed by atoms with van der Waals surface area (Å²) < 4.78 is 1.18. The molecule has 0 amide bonds. The van der Waals surface area contributed by atoms with E-state index in [1.165, 1.54) is 22.1 Å². The van der Waals surface area contributed by atoms with Gasteiger partial charge >= 0.3 is 0 Å². The lowest BCUT2D eigenvalue weighted by Crippen LogP contribution is -2.05. The summed E-state index contributed by atoms with van der Waals surface area (Å²) in [7, 11) is 0. The molecule has 0 aliphatic rings. The Labute approximate surface area is 95.0 Å². The molecule has 0 bridgehead atoms. The summed E-state index contributed by atoms with van der Waals surface area (Å²) in [6.45, 7) is 7.64. The summed E-state index contributed by atoms with van der Waals surface area (Å²) >= 11 is 3.58. The monoisotopic (exact) mass is 255 g/mol. The molecule has 1 rings (SSSR count). The van der Waals surface area contributed by atoms with E-state index < -0.39 is 0 Å². The number of nitrogens with one attached hydrogen (secondary N) is 1. The van der Waals surface area contributed by atoms with Crippen LogP contribution in [0.1, 0.15) is 25.8 Å². The van der Waals surface area contributed by atoms with Gasteiger partial charge in [0.05, 0.1) is 0 Å². The second-order valence-corrected chi connectivity index (χ2v) is 4.84. The highest BCUT2D eigenvalue weighted by Gasteiger charge is 2.01. The molecule has 0 aliphatic heterocycles. The van der Waals surface area contributed by atoms with Crippen LogP contribution < -0.4 is 5.32 Å². The van der Waals surface area contributed by atoms with Gasteiger partial charge < -0.3 is 5.32 Å². The minimum atomic E-state index is 0.756. The van der Waals surface area contributed by atoms with Gasteiger partial charge in [0.25, 0.3) is 0 Å². The number of hydrogen-bond donors (Lipinski definition) is 1. The molecule has 1 N–H and O–H groups in total. The fourth-order valence-electron chi connectivity index (χ4n) is 1.28. The molecular formula is C12H18BrN. The lowest BCUT2D eigenvalue weighted by Gasteiger charge is -2.11. The van der Waals surface area contributed by atoms with Crippen LogP contribution in [0.5, 0.6) is 0 Å². The first-order chi connectivity index (χ1) is 6.61. The van der Waals surface area contributed by atoms with E-state index in [1.807, 2.05) is 0 Å². The Kier molecular flexibility index (Phi) is 4.46. The first-order valence-electron chi connectivity index (χ1n) is 5.10. The average molecular weight is 256 g/mol. The van der Waals surface area contributed by atoms with Crippen molar-refractivity contribution in [2.75, 3.05) is 11.9 Å². The summed E-state index contributed by atoms with van der Waals surface area (Å²) in [6.07, 6.45) is 1.21. The van der Waals surface area contributed by atoms with Gasteiger partial charge in [0, 0.05) is 16.7 Å². The number of hydrogen-bond acceptors (Lipinski definition) is 1. The Hall–Kier alpha value is -0.500. The number of halogens is 1. The van der Waals surface area contributed by atoms with E-state index in [1.54, 1.807) is 0 Å². The first kappa shape index (κ1) is 11.6. The van der Waals surface area contributed by atoms with Crippen molar-refractivity contribution in [1.82, 2.24) is 0 Å². The van der Waals surface area contributed by atoms with E-state index in [-0.39, 0.29) is 0 Å². The van der Waals surface area contributed by atoms with Crippen molar-refractivity contribution in [2.24, 2.45) is 5.92 Å². The molecule has 14 heavy (non-hydrogen) atoms. The minimum Gasteiger partial charge on any atom is -0.384 e. The van der Waals surface area contributed by atoms with Gasteiger partial charge in [-0.1, -0.05) is 26.0 Å². The lowest BCUT2D eigenvalue weighted by atomic mass is 10.1. The van der Waals surface area contributed by atoms with Crippen molar-refractivity contribution in [3.63, 3.8) is 0 Å². The third-order valence-corrected chi connectivity index (χ3v) is 3.28. The van der Waals surface area contributed by atoms with E-state index in [0.717, 1.165) is 12.5 Å². The highest BCUT2D eigenvalue weighted by atomic mass is 79.9. The van der Waals surface area contributed by atoms with Crippen LogP contribution in [0.25, 0.3) is 0 Å². The molecule has 0 aromatic heterocycles. The van der Waals surface area contributed by atoms with Gasteiger partial charge in [-0.05, 0) is 46.8 Å². The maximum Gasteiger partial charge on any atom is 0.0487 e. The molecule has 0 aliphatic carbocycles. The fraction of sp³-hybridized carbons (Fsp3) is 0.500. The SMILES string of the molecule is Cc1cccc(NCCC(C)C)c1Br. The van der Waals surface area contributed by atoms with Gasteiger partial charge in [0.1, 0.15) is 0 Å². The van der Waals surface area contributed by atoms with Crippen molar-refractivity contribution in [2.45, 2.75) is 27.2 Å². The number of aryl methyl sites for hydroxylation is 1. The zero-order chi connectivity index (χ0) is 10.6. The van der Waals surface area contributed by atoms with Gasteiger partial charge in [-0.2, -0.15) is 0 Å². The molecule has 0 saturated heterocycles. The molecule has 2 heteroatoms. The van der Waals surface area contributed by atoms with Gasteiger partial charge in [0.15, 0.2) is 0 Å². The first-order valence-corrected chi connectivity index (χ1v) is 5.89. The van der Waals surface area contributed by atoms with E-state index in [2.05, 4.69) is 60.2 Å². The van der Waals surface area contributed by atoms with Gasteiger partial charge in [-0.25, -0.2) is 0 Å². The molecule has 0 unspecified atom stereocenters. The summed E-state index contributed by atoms with van der Waals surface area (Å²) in [5.41, 5.74) is 2.48. The smallest absolute Gasteiger partial charge is 0.0487 e. The van der Waals surface area contributed by atoms with E-state index in [0.29, 0.717) is 0 Å². The number of benzene rings is 1. The molecule has 0 fully saturated rings. The maximum atomic E-state index is 3.58. The average Bonchev–Trinajstić information content (AvgIpc) is 2.12. The minimum absolute atomic E-state index is 0.756. The van der Waals surface area contributed by atoms with E-state index in [9.17, 15) is 0 Å². The van der Waals surface area contributed by atoms with Crippen molar-refractivity contribution >= 4 is 21.6 Å². The van der Waals surface area contributed by atoms with Crippen molar-refractivity contribution in [1.29, 1.82) is 0 Å². The highest BCUT2D eigenvalue weighted by molar-refractivity contribution is 9.10. The molecule has 0 heterocycles. The third kappa shape index (κ3) is 3.33. The third-order valence-electron chi connectivity index (χ3n) is 2.23. The fourth-order valence-corrected chi connectivity index (χ4v) is 1.68. The maximum absolute atomic E-state index is 3.58. The predicted octanol–water partition coefficient (Wildman–Crippen LogP) is 4.22. The van der Waals surface area contributed by atoms with Crippen LogP contribution in [-0.4, -0.2) is 6.54 Å². The van der Waals surface area contributed by atoms with Crippen LogP contribution in [-0.2, 0) is 0 Å². The van der Waals surface area contributed by atoms with Crippen molar-refractivity contribution < 1.29 is 0 Å². The largest absolute Gasteiger partial charge is 0.384 e. The quantitative estimate of drug-likeness (QED) is 0.850. The normalized spacial score (nSPS) is 10.6. The summed E-state index contributed by atoms with van der Waals surface area (Å²) in [4.78, 5) is 0. The van der Waals surface area contributed by atoms with E-state index in [4.69, 9.17) is 0 Å². The van der Waals surface area contributed by atoms with Crippen LogP contribution in [0.4, 0.5) is 5.69 Å². The summed E-state index contributed by atoms with van der Waals surface area (Å²) in [5, 5.41) is 3.44. The molecule has 1 nitrogen and oxygen atoms in total. The number of anilines is 1. The Bertz CT molecular complexity index is 294. The summed E-state index contributed by atoms with van der Waals surface area (Å²) in [6, 6.07) is 6.30. The van der Waals surface area contributed by atoms with Crippen LogP contribution in [0.3, 0.4) is 0 Å². The molecule has 0 spiro atoms. The topological polar surface area (TPSA) is 12.0 Å². The highest BCUT2D eigenvalue weighted by Crippen LogP contribution is 2.25.